The standard InChI is InChI=1S/C21H24N2O2/c1-6-15-10-16(7-8-20(15)24-4)18-12-21(25-5)19(23-18)11-17-13(2)9-14(3)22-17/h7-12,22H,6H2,1-5H3/b19-11-. The first-order chi connectivity index (χ1) is 12.0. The van der Waals surface area contributed by atoms with Crippen LogP contribution in [0.5, 0.6) is 5.75 Å². The van der Waals surface area contributed by atoms with Crippen LogP contribution in [0.1, 0.15) is 35.0 Å². The molecule has 0 amide bonds. The number of hydrogen-bond donors (Lipinski definition) is 1. The number of aliphatic imine (C=N–C) groups is 1. The fourth-order valence-electron chi connectivity index (χ4n) is 3.08. The Balaban J connectivity index is 2.01. The Bertz CT molecular complexity index is 885. The number of benzene rings is 1. The van der Waals surface area contributed by atoms with Crippen molar-refractivity contribution in [3.05, 3.63) is 69.9 Å². The summed E-state index contributed by atoms with van der Waals surface area (Å²) in [6.07, 6.45) is 4.93. The fourth-order valence-corrected chi connectivity index (χ4v) is 3.08. The van der Waals surface area contributed by atoms with Gasteiger partial charge in [-0.25, -0.2) is 4.99 Å². The number of aryl methyl sites for hydroxylation is 3. The molecule has 0 saturated carbocycles. The molecule has 0 radical (unpaired) electrons. The lowest BCUT2D eigenvalue weighted by atomic mass is 10.0. The fraction of sp³-hybridized carbons (Fsp3) is 0.286. The number of rotatable bonds is 5. The van der Waals surface area contributed by atoms with Crippen molar-refractivity contribution in [1.82, 2.24) is 4.98 Å². The molecule has 0 spiro atoms. The van der Waals surface area contributed by atoms with E-state index in [1.54, 1.807) is 14.2 Å². The zero-order chi connectivity index (χ0) is 18.0. The van der Waals surface area contributed by atoms with Gasteiger partial charge in [0.2, 0.25) is 0 Å². The molecule has 1 N–H and O–H groups in total. The maximum Gasteiger partial charge on any atom is 0.146 e. The highest BCUT2D eigenvalue weighted by Gasteiger charge is 2.18. The SMILES string of the molecule is CCc1cc(C2=N/C(=C\c3[nH]c(C)cc3C)C(OC)=C2)ccc1OC. The molecule has 130 valence electrons. The minimum atomic E-state index is 0.774. The van der Waals surface area contributed by atoms with Crippen LogP contribution in [-0.4, -0.2) is 24.9 Å². The van der Waals surface area contributed by atoms with Crippen LogP contribution in [0.2, 0.25) is 0 Å². The van der Waals surface area contributed by atoms with Gasteiger partial charge in [0, 0.05) is 23.0 Å². The summed E-state index contributed by atoms with van der Waals surface area (Å²) in [4.78, 5) is 8.15. The molecule has 0 fully saturated rings. The third kappa shape index (κ3) is 3.38. The van der Waals surface area contributed by atoms with Crippen molar-refractivity contribution in [3.63, 3.8) is 0 Å². The normalized spacial score (nSPS) is 15.3. The first-order valence-corrected chi connectivity index (χ1v) is 8.45. The molecule has 1 aromatic carbocycles. The van der Waals surface area contributed by atoms with Crippen molar-refractivity contribution in [3.8, 4) is 5.75 Å². The average Bonchev–Trinajstić information content (AvgIpc) is 3.17. The third-order valence-corrected chi connectivity index (χ3v) is 4.41. The molecule has 2 aromatic rings. The Morgan fingerprint density at radius 3 is 2.52 bits per heavy atom. The number of nitrogens with one attached hydrogen (secondary N) is 1. The Morgan fingerprint density at radius 2 is 1.92 bits per heavy atom. The summed E-state index contributed by atoms with van der Waals surface area (Å²) < 4.78 is 11.0. The molecule has 0 saturated heterocycles. The minimum absolute atomic E-state index is 0.774. The Hall–Kier alpha value is -2.75. The van der Waals surface area contributed by atoms with Gasteiger partial charge in [0.1, 0.15) is 17.2 Å². The van der Waals surface area contributed by atoms with Gasteiger partial charge in [-0.15, -0.1) is 0 Å². The zero-order valence-electron chi connectivity index (χ0n) is 15.4. The molecule has 1 aromatic heterocycles. The van der Waals surface area contributed by atoms with Gasteiger partial charge in [-0.05, 0) is 61.7 Å². The molecule has 0 unspecified atom stereocenters. The van der Waals surface area contributed by atoms with Gasteiger partial charge in [-0.2, -0.15) is 0 Å². The van der Waals surface area contributed by atoms with Crippen LogP contribution < -0.4 is 4.74 Å². The van der Waals surface area contributed by atoms with Crippen LogP contribution in [0.15, 0.2) is 46.8 Å². The van der Waals surface area contributed by atoms with E-state index in [9.17, 15) is 0 Å². The van der Waals surface area contributed by atoms with Gasteiger partial charge >= 0.3 is 0 Å². The Labute approximate surface area is 148 Å². The summed E-state index contributed by atoms with van der Waals surface area (Å²) in [5, 5.41) is 0. The van der Waals surface area contributed by atoms with Gasteiger partial charge in [-0.1, -0.05) is 6.92 Å². The van der Waals surface area contributed by atoms with Gasteiger partial charge in [-0.3, -0.25) is 0 Å². The molecule has 4 heteroatoms. The molecule has 1 aliphatic heterocycles. The van der Waals surface area contributed by atoms with E-state index in [1.807, 2.05) is 24.3 Å². The van der Waals surface area contributed by atoms with E-state index in [4.69, 9.17) is 14.5 Å². The number of methoxy groups -OCH3 is 2. The zero-order valence-corrected chi connectivity index (χ0v) is 15.4. The molecule has 3 rings (SSSR count). The summed E-state index contributed by atoms with van der Waals surface area (Å²) >= 11 is 0. The van der Waals surface area contributed by atoms with E-state index in [-0.39, 0.29) is 0 Å². The van der Waals surface area contributed by atoms with Crippen molar-refractivity contribution in [2.24, 2.45) is 4.99 Å². The predicted octanol–water partition coefficient (Wildman–Crippen LogP) is 4.58. The summed E-state index contributed by atoms with van der Waals surface area (Å²) in [5.41, 5.74) is 7.36. The molecule has 0 bridgehead atoms. The van der Waals surface area contributed by atoms with E-state index in [2.05, 4.69) is 37.9 Å². The smallest absolute Gasteiger partial charge is 0.146 e. The number of ether oxygens (including phenoxy) is 2. The second-order valence-corrected chi connectivity index (χ2v) is 6.17. The van der Waals surface area contributed by atoms with Crippen LogP contribution in [0.25, 0.3) is 6.08 Å². The molecule has 2 heterocycles. The summed E-state index contributed by atoms with van der Waals surface area (Å²) in [5.74, 6) is 1.68. The number of aromatic nitrogens is 1. The number of aromatic amines is 1. The van der Waals surface area contributed by atoms with Gasteiger partial charge < -0.3 is 14.5 Å². The highest BCUT2D eigenvalue weighted by molar-refractivity contribution is 6.12. The van der Waals surface area contributed by atoms with E-state index in [0.717, 1.165) is 46.3 Å². The maximum atomic E-state index is 5.54. The highest BCUT2D eigenvalue weighted by Crippen LogP contribution is 2.28. The van der Waals surface area contributed by atoms with Crippen LogP contribution in [0, 0.1) is 13.8 Å². The second-order valence-electron chi connectivity index (χ2n) is 6.17. The monoisotopic (exact) mass is 336 g/mol. The summed E-state index contributed by atoms with van der Waals surface area (Å²) in [6.45, 7) is 6.26. The van der Waals surface area contributed by atoms with Crippen molar-refractivity contribution in [2.45, 2.75) is 27.2 Å². The molecule has 25 heavy (non-hydrogen) atoms. The van der Waals surface area contributed by atoms with Crippen molar-refractivity contribution < 1.29 is 9.47 Å². The minimum Gasteiger partial charge on any atom is -0.496 e. The molecular weight excluding hydrogens is 312 g/mol. The molecule has 1 aliphatic rings. The molecule has 0 aliphatic carbocycles. The first kappa shape index (κ1) is 17.1. The Kier molecular flexibility index (Phi) is 4.79. The quantitative estimate of drug-likeness (QED) is 0.869. The highest BCUT2D eigenvalue weighted by atomic mass is 16.5. The van der Waals surface area contributed by atoms with Crippen molar-refractivity contribution in [2.75, 3.05) is 14.2 Å². The summed E-state index contributed by atoms with van der Waals surface area (Å²) in [6, 6.07) is 8.29. The van der Waals surface area contributed by atoms with Crippen LogP contribution in [-0.2, 0) is 11.2 Å². The number of allylic oxidation sites excluding steroid dienone is 1. The van der Waals surface area contributed by atoms with Crippen molar-refractivity contribution in [1.29, 1.82) is 0 Å². The molecule has 0 atom stereocenters. The van der Waals surface area contributed by atoms with Crippen LogP contribution in [0.3, 0.4) is 0 Å². The first-order valence-electron chi connectivity index (χ1n) is 8.45. The lowest BCUT2D eigenvalue weighted by Crippen LogP contribution is -1.98. The molecular formula is C21H24N2O2. The van der Waals surface area contributed by atoms with Crippen molar-refractivity contribution >= 4 is 11.8 Å². The van der Waals surface area contributed by atoms with E-state index in [1.165, 1.54) is 11.1 Å². The predicted molar refractivity (Wildman–Crippen MR) is 102 cm³/mol. The number of nitrogens with zero attached hydrogens (tertiary/aromatic N) is 1. The number of H-pyrrole nitrogens is 1. The maximum absolute atomic E-state index is 5.54. The lowest BCUT2D eigenvalue weighted by molar-refractivity contribution is 0.303. The summed E-state index contributed by atoms with van der Waals surface area (Å²) in [7, 11) is 3.38. The number of hydrogen-bond acceptors (Lipinski definition) is 3. The average molecular weight is 336 g/mol. The van der Waals surface area contributed by atoms with Crippen LogP contribution >= 0.6 is 0 Å². The van der Waals surface area contributed by atoms with E-state index >= 15 is 0 Å². The lowest BCUT2D eigenvalue weighted by Gasteiger charge is -2.08. The Morgan fingerprint density at radius 1 is 1.12 bits per heavy atom. The van der Waals surface area contributed by atoms with E-state index < -0.39 is 0 Å². The topological polar surface area (TPSA) is 46.6 Å². The molecule has 4 nitrogen and oxygen atoms in total. The van der Waals surface area contributed by atoms with Gasteiger partial charge in [0.15, 0.2) is 0 Å². The van der Waals surface area contributed by atoms with Gasteiger partial charge in [0.05, 0.1) is 19.9 Å². The van der Waals surface area contributed by atoms with Gasteiger partial charge in [0.25, 0.3) is 0 Å². The van der Waals surface area contributed by atoms with E-state index in [0.29, 0.717) is 0 Å². The third-order valence-electron chi connectivity index (χ3n) is 4.41. The second kappa shape index (κ2) is 7.01. The largest absolute Gasteiger partial charge is 0.496 e. The van der Waals surface area contributed by atoms with Crippen LogP contribution in [0.4, 0.5) is 0 Å².